The van der Waals surface area contributed by atoms with Crippen LogP contribution in [0, 0.1) is 11.3 Å². The van der Waals surface area contributed by atoms with Gasteiger partial charge in [-0.3, -0.25) is 0 Å². The average molecular weight is 327 g/mol. The van der Waals surface area contributed by atoms with E-state index in [4.69, 9.17) is 16.8 Å². The first-order chi connectivity index (χ1) is 11.0. The molecule has 0 spiro atoms. The van der Waals surface area contributed by atoms with Gasteiger partial charge < -0.3 is 15.7 Å². The maximum atomic E-state index is 11.3. The fourth-order valence-corrected chi connectivity index (χ4v) is 2.57. The van der Waals surface area contributed by atoms with Gasteiger partial charge in [0.2, 0.25) is 0 Å². The minimum Gasteiger partial charge on any atom is -0.593 e. The summed E-state index contributed by atoms with van der Waals surface area (Å²) in [4.78, 5) is 0. The van der Waals surface area contributed by atoms with Crippen molar-refractivity contribution in [3.63, 3.8) is 0 Å². The lowest BCUT2D eigenvalue weighted by Gasteiger charge is -2.10. The highest BCUT2D eigenvalue weighted by molar-refractivity contribution is 7.92. The van der Waals surface area contributed by atoms with Crippen LogP contribution in [0.3, 0.4) is 0 Å². The van der Waals surface area contributed by atoms with Gasteiger partial charge in [0.05, 0.1) is 22.7 Å². The molecule has 1 unspecified atom stereocenters. The number of nitrogens with one attached hydrogen (secondary N) is 2. The zero-order valence-corrected chi connectivity index (χ0v) is 13.4. The lowest BCUT2D eigenvalue weighted by molar-refractivity contribution is 0.605. The van der Waals surface area contributed by atoms with Crippen LogP contribution >= 0.6 is 0 Å². The number of allylic oxidation sites excluding steroid dienone is 1. The van der Waals surface area contributed by atoms with Crippen molar-refractivity contribution in [1.29, 1.82) is 5.26 Å². The Bertz CT molecular complexity index is 767. The largest absolute Gasteiger partial charge is 0.593 e. The molecule has 0 bridgehead atoms. The zero-order valence-electron chi connectivity index (χ0n) is 12.5. The molecule has 0 radical (unpaired) electrons. The van der Waals surface area contributed by atoms with E-state index in [2.05, 4.69) is 10.1 Å². The number of nitrogens with two attached hydrogens (primary N) is 2. The van der Waals surface area contributed by atoms with Gasteiger partial charge in [-0.1, -0.05) is 30.3 Å². The molecule has 0 saturated heterocycles. The molecule has 118 valence electrons. The second kappa shape index (κ2) is 7.56. The monoisotopic (exact) mass is 327 g/mol. The van der Waals surface area contributed by atoms with Crippen LogP contribution in [0.25, 0.3) is 16.8 Å². The molecule has 0 heterocycles. The van der Waals surface area contributed by atoms with Gasteiger partial charge in [0, 0.05) is 5.56 Å². The Hall–Kier alpha value is -2.66. The van der Waals surface area contributed by atoms with E-state index in [-0.39, 0.29) is 11.4 Å². The van der Waals surface area contributed by atoms with E-state index in [1.807, 2.05) is 48.5 Å². The number of benzene rings is 2. The SMILES string of the molecule is C[S+]([O-])Nc1cccc(-c2cccc(/C(N)=C(\C#N)NN)c2)c1. The van der Waals surface area contributed by atoms with Crippen LogP contribution in [0.4, 0.5) is 5.69 Å². The predicted octanol–water partition coefficient (Wildman–Crippen LogP) is 1.67. The fourth-order valence-electron chi connectivity index (χ4n) is 2.11. The molecular formula is C16H17N5OS. The molecule has 7 heteroatoms. The van der Waals surface area contributed by atoms with Crippen molar-refractivity contribution in [1.82, 2.24) is 5.43 Å². The number of nitrogens with zero attached hydrogens (tertiary/aromatic N) is 1. The summed E-state index contributed by atoms with van der Waals surface area (Å²) in [5, 5.41) is 9.00. The number of hydrogen-bond acceptors (Lipinski definition) is 6. The third-order valence-electron chi connectivity index (χ3n) is 3.16. The smallest absolute Gasteiger partial charge is 0.151 e. The second-order valence-electron chi connectivity index (χ2n) is 4.76. The standard InChI is InChI=1S/C16H17N5OS/c1-23(22)21-14-7-3-5-12(9-14)11-4-2-6-13(8-11)16(18)15(10-17)20-19/h2-9,20-21H,18-19H2,1H3/b16-15-. The van der Waals surface area contributed by atoms with Gasteiger partial charge in [-0.15, -0.1) is 0 Å². The van der Waals surface area contributed by atoms with E-state index in [0.29, 0.717) is 5.56 Å². The molecule has 0 aromatic heterocycles. The van der Waals surface area contributed by atoms with Crippen LogP contribution in [0.15, 0.2) is 54.2 Å². The molecule has 6 N–H and O–H groups in total. The first-order valence-electron chi connectivity index (χ1n) is 6.72. The predicted molar refractivity (Wildman–Crippen MR) is 93.6 cm³/mol. The quantitative estimate of drug-likeness (QED) is 0.287. The van der Waals surface area contributed by atoms with Gasteiger partial charge in [0.1, 0.15) is 12.3 Å². The van der Waals surface area contributed by atoms with E-state index in [1.165, 1.54) is 0 Å². The van der Waals surface area contributed by atoms with Gasteiger partial charge in [-0.25, -0.2) is 10.6 Å². The Morgan fingerprint density at radius 2 is 1.83 bits per heavy atom. The Labute approximate surface area is 138 Å². The van der Waals surface area contributed by atoms with Crippen LogP contribution in [-0.4, -0.2) is 10.8 Å². The molecule has 0 aliphatic rings. The van der Waals surface area contributed by atoms with E-state index in [9.17, 15) is 4.55 Å². The topological polar surface area (TPSA) is 123 Å². The molecule has 0 amide bonds. The van der Waals surface area contributed by atoms with E-state index in [0.717, 1.165) is 16.8 Å². The fraction of sp³-hybridized carbons (Fsp3) is 0.0625. The minimum atomic E-state index is -1.14. The summed E-state index contributed by atoms with van der Waals surface area (Å²) in [5.74, 6) is 5.29. The molecule has 0 aliphatic carbocycles. The average Bonchev–Trinajstić information content (AvgIpc) is 2.55. The molecule has 2 rings (SSSR count). The normalized spacial score (nSPS) is 12.8. The van der Waals surface area contributed by atoms with Crippen molar-refractivity contribution < 1.29 is 4.55 Å². The lowest BCUT2D eigenvalue weighted by Crippen LogP contribution is -2.23. The second-order valence-corrected chi connectivity index (χ2v) is 5.87. The van der Waals surface area contributed by atoms with E-state index < -0.39 is 11.4 Å². The summed E-state index contributed by atoms with van der Waals surface area (Å²) < 4.78 is 14.1. The Kier molecular flexibility index (Phi) is 5.49. The minimum absolute atomic E-state index is 0.110. The molecule has 23 heavy (non-hydrogen) atoms. The Morgan fingerprint density at radius 3 is 2.43 bits per heavy atom. The molecule has 1 atom stereocenters. The van der Waals surface area contributed by atoms with E-state index >= 15 is 0 Å². The summed E-state index contributed by atoms with van der Waals surface area (Å²) in [6.07, 6.45) is 1.57. The summed E-state index contributed by atoms with van der Waals surface area (Å²) >= 11 is -1.14. The molecule has 0 aliphatic heterocycles. The number of hydrazine groups is 1. The molecule has 0 fully saturated rings. The highest BCUT2D eigenvalue weighted by Gasteiger charge is 2.07. The van der Waals surface area contributed by atoms with Crippen molar-refractivity contribution in [2.24, 2.45) is 11.6 Å². The van der Waals surface area contributed by atoms with Gasteiger partial charge in [0.25, 0.3) is 0 Å². The van der Waals surface area contributed by atoms with Crippen molar-refractivity contribution >= 4 is 22.7 Å². The van der Waals surface area contributed by atoms with E-state index in [1.54, 1.807) is 12.3 Å². The van der Waals surface area contributed by atoms with Crippen molar-refractivity contribution in [2.45, 2.75) is 0 Å². The summed E-state index contributed by atoms with van der Waals surface area (Å²) in [6, 6.07) is 16.9. The summed E-state index contributed by atoms with van der Waals surface area (Å²) in [6.45, 7) is 0. The third kappa shape index (κ3) is 4.17. The van der Waals surface area contributed by atoms with Crippen LogP contribution in [0.5, 0.6) is 0 Å². The Morgan fingerprint density at radius 1 is 1.17 bits per heavy atom. The van der Waals surface area contributed by atoms with Crippen molar-refractivity contribution in [3.8, 4) is 17.2 Å². The number of nitriles is 1. The third-order valence-corrected chi connectivity index (χ3v) is 3.68. The van der Waals surface area contributed by atoms with Crippen molar-refractivity contribution in [3.05, 3.63) is 59.8 Å². The highest BCUT2D eigenvalue weighted by atomic mass is 32.2. The molecule has 6 nitrogen and oxygen atoms in total. The summed E-state index contributed by atoms with van der Waals surface area (Å²) in [5.41, 5.74) is 12.0. The van der Waals surface area contributed by atoms with Crippen LogP contribution < -0.4 is 21.7 Å². The molecule has 0 saturated carbocycles. The number of rotatable bonds is 5. The first-order valence-corrected chi connectivity index (χ1v) is 8.28. The maximum absolute atomic E-state index is 11.3. The lowest BCUT2D eigenvalue weighted by atomic mass is 10.0. The highest BCUT2D eigenvalue weighted by Crippen LogP contribution is 2.25. The molecule has 2 aromatic rings. The van der Waals surface area contributed by atoms with Crippen LogP contribution in [-0.2, 0) is 11.4 Å². The van der Waals surface area contributed by atoms with Crippen LogP contribution in [0.1, 0.15) is 5.56 Å². The summed E-state index contributed by atoms with van der Waals surface area (Å²) in [7, 11) is 0. The number of hydrogen-bond donors (Lipinski definition) is 4. The van der Waals surface area contributed by atoms with Crippen LogP contribution in [0.2, 0.25) is 0 Å². The van der Waals surface area contributed by atoms with Gasteiger partial charge in [0.15, 0.2) is 5.70 Å². The zero-order chi connectivity index (χ0) is 16.8. The molecule has 2 aromatic carbocycles. The first kappa shape index (κ1) is 16.7. The van der Waals surface area contributed by atoms with Gasteiger partial charge in [-0.2, -0.15) is 5.26 Å². The molecular weight excluding hydrogens is 310 g/mol. The van der Waals surface area contributed by atoms with Gasteiger partial charge in [-0.05, 0) is 29.3 Å². The number of anilines is 1. The maximum Gasteiger partial charge on any atom is 0.151 e. The Balaban J connectivity index is 2.41. The van der Waals surface area contributed by atoms with Gasteiger partial charge >= 0.3 is 0 Å². The van der Waals surface area contributed by atoms with Crippen molar-refractivity contribution in [2.75, 3.05) is 11.0 Å².